The van der Waals surface area contributed by atoms with Gasteiger partial charge in [0.15, 0.2) is 6.61 Å². The molecule has 172 valence electrons. The monoisotopic (exact) mass is 500 g/mol. The van der Waals surface area contributed by atoms with Crippen molar-refractivity contribution in [3.05, 3.63) is 49.8 Å². The highest BCUT2D eigenvalue weighted by atomic mass is 35.5. The summed E-state index contributed by atoms with van der Waals surface area (Å²) >= 11 is 13.0. The fraction of sp³-hybridized carbons (Fsp3) is 0.333. The van der Waals surface area contributed by atoms with Gasteiger partial charge in [-0.15, -0.1) is 11.3 Å². The summed E-state index contributed by atoms with van der Waals surface area (Å²) in [5.41, 5.74) is 1.25. The minimum absolute atomic E-state index is 0.137. The van der Waals surface area contributed by atoms with Gasteiger partial charge in [0, 0.05) is 9.90 Å². The third kappa shape index (κ3) is 6.69. The number of anilines is 1. The molecule has 1 aromatic carbocycles. The van der Waals surface area contributed by atoms with E-state index in [-0.39, 0.29) is 17.2 Å². The van der Waals surface area contributed by atoms with Crippen LogP contribution in [0.2, 0.25) is 10.0 Å². The number of rotatable bonds is 9. The number of ether oxygens (including phenoxy) is 2. The first kappa shape index (κ1) is 25.6. The maximum atomic E-state index is 12.3. The van der Waals surface area contributed by atoms with Gasteiger partial charge in [-0.2, -0.15) is 0 Å². The molecule has 0 bridgehead atoms. The first-order valence-electron chi connectivity index (χ1n) is 9.65. The highest BCUT2D eigenvalue weighted by Gasteiger charge is 2.23. The smallest absolute Gasteiger partial charge is 0.341 e. The van der Waals surface area contributed by atoms with Crippen molar-refractivity contribution in [3.8, 4) is 0 Å². The van der Waals surface area contributed by atoms with Crippen LogP contribution >= 0.6 is 34.5 Å². The predicted molar refractivity (Wildman–Crippen MR) is 123 cm³/mol. The second-order valence-electron chi connectivity index (χ2n) is 6.43. The molecule has 1 aromatic heterocycles. The van der Waals surface area contributed by atoms with E-state index in [9.17, 15) is 19.2 Å². The fourth-order valence-corrected chi connectivity index (χ4v) is 4.44. The molecule has 2 N–H and O–H groups in total. The van der Waals surface area contributed by atoms with E-state index < -0.39 is 36.9 Å². The number of amides is 2. The Morgan fingerprint density at radius 2 is 1.81 bits per heavy atom. The van der Waals surface area contributed by atoms with Crippen molar-refractivity contribution >= 4 is 63.3 Å². The molecule has 0 saturated carbocycles. The Morgan fingerprint density at radius 1 is 1.09 bits per heavy atom. The zero-order valence-corrected chi connectivity index (χ0v) is 20.0. The van der Waals surface area contributed by atoms with Crippen molar-refractivity contribution in [2.24, 2.45) is 0 Å². The molecule has 2 rings (SSSR count). The maximum Gasteiger partial charge on any atom is 0.341 e. The molecule has 0 unspecified atom stereocenters. The summed E-state index contributed by atoms with van der Waals surface area (Å²) in [5.74, 6) is -2.56. The Bertz CT molecular complexity index is 1040. The number of halogens is 2. The standard InChI is InChI=1S/C21H22Cl2N2O6S/c1-4-13-11(3)32-20(18(13)21(29)30-5-2)25-16(26)10-31-17(27)9-24-19(28)14-7-6-12(22)8-15(14)23/h6-8H,4-5,9-10H2,1-3H3,(H,24,28)(H,25,26). The Hall–Kier alpha value is -2.62. The number of esters is 2. The number of nitrogens with one attached hydrogen (secondary N) is 2. The lowest BCUT2D eigenvalue weighted by atomic mass is 10.1. The van der Waals surface area contributed by atoms with Crippen molar-refractivity contribution in [2.45, 2.75) is 27.2 Å². The lowest BCUT2D eigenvalue weighted by Gasteiger charge is -2.09. The summed E-state index contributed by atoms with van der Waals surface area (Å²) in [6, 6.07) is 4.32. The lowest BCUT2D eigenvalue weighted by Crippen LogP contribution is -2.32. The second-order valence-corrected chi connectivity index (χ2v) is 8.50. The number of aryl methyl sites for hydroxylation is 1. The van der Waals surface area contributed by atoms with Crippen LogP contribution in [0.1, 0.15) is 45.0 Å². The number of carbonyl (C=O) groups excluding carboxylic acids is 4. The van der Waals surface area contributed by atoms with Crippen molar-refractivity contribution in [3.63, 3.8) is 0 Å². The van der Waals surface area contributed by atoms with Crippen molar-refractivity contribution in [1.29, 1.82) is 0 Å². The van der Waals surface area contributed by atoms with E-state index in [1.54, 1.807) is 6.92 Å². The molecule has 0 saturated heterocycles. The first-order chi connectivity index (χ1) is 15.2. The Balaban J connectivity index is 1.91. The lowest BCUT2D eigenvalue weighted by molar-refractivity contribution is -0.146. The van der Waals surface area contributed by atoms with E-state index in [1.807, 2.05) is 13.8 Å². The third-order valence-electron chi connectivity index (χ3n) is 4.23. The molecule has 32 heavy (non-hydrogen) atoms. The van der Waals surface area contributed by atoms with E-state index in [0.29, 0.717) is 22.0 Å². The molecule has 2 aromatic rings. The fourth-order valence-electron chi connectivity index (χ4n) is 2.79. The normalized spacial score (nSPS) is 10.4. The van der Waals surface area contributed by atoms with Gasteiger partial charge < -0.3 is 20.1 Å². The van der Waals surface area contributed by atoms with E-state index in [2.05, 4.69) is 10.6 Å². The van der Waals surface area contributed by atoms with Gasteiger partial charge in [0.05, 0.1) is 22.8 Å². The van der Waals surface area contributed by atoms with Crippen LogP contribution < -0.4 is 10.6 Å². The molecule has 1 heterocycles. The summed E-state index contributed by atoms with van der Waals surface area (Å²) in [4.78, 5) is 49.4. The molecule has 11 heteroatoms. The summed E-state index contributed by atoms with van der Waals surface area (Å²) in [6.07, 6.45) is 0.596. The van der Waals surface area contributed by atoms with Crippen molar-refractivity contribution in [1.82, 2.24) is 5.32 Å². The summed E-state index contributed by atoms with van der Waals surface area (Å²) < 4.78 is 9.98. The van der Waals surface area contributed by atoms with Crippen molar-refractivity contribution in [2.75, 3.05) is 25.1 Å². The van der Waals surface area contributed by atoms with Gasteiger partial charge in [-0.3, -0.25) is 14.4 Å². The number of hydrogen-bond acceptors (Lipinski definition) is 7. The van der Waals surface area contributed by atoms with E-state index in [0.717, 1.165) is 10.4 Å². The van der Waals surface area contributed by atoms with Crippen LogP contribution in [0.4, 0.5) is 5.00 Å². The zero-order valence-electron chi connectivity index (χ0n) is 17.7. The minimum atomic E-state index is -0.819. The zero-order chi connectivity index (χ0) is 23.8. The van der Waals surface area contributed by atoms with Gasteiger partial charge in [-0.05, 0) is 44.0 Å². The van der Waals surface area contributed by atoms with Gasteiger partial charge in [-0.1, -0.05) is 30.1 Å². The molecule has 8 nitrogen and oxygen atoms in total. The van der Waals surface area contributed by atoms with Crippen LogP contribution in [-0.2, 0) is 25.5 Å². The highest BCUT2D eigenvalue weighted by molar-refractivity contribution is 7.16. The van der Waals surface area contributed by atoms with Gasteiger partial charge in [-0.25, -0.2) is 4.79 Å². The molecule has 0 radical (unpaired) electrons. The van der Waals surface area contributed by atoms with E-state index in [1.165, 1.54) is 29.5 Å². The van der Waals surface area contributed by atoms with Crippen molar-refractivity contribution < 1.29 is 28.7 Å². The van der Waals surface area contributed by atoms with Crippen LogP contribution in [0, 0.1) is 6.92 Å². The largest absolute Gasteiger partial charge is 0.462 e. The molecular formula is C21H22Cl2N2O6S. The van der Waals surface area contributed by atoms with Crippen LogP contribution in [0.25, 0.3) is 0 Å². The number of thiophene rings is 1. The van der Waals surface area contributed by atoms with Crippen LogP contribution in [0.5, 0.6) is 0 Å². The van der Waals surface area contributed by atoms with Crippen LogP contribution in [-0.4, -0.2) is 43.5 Å². The number of hydrogen-bond donors (Lipinski definition) is 2. The van der Waals surface area contributed by atoms with Gasteiger partial charge in [0.25, 0.3) is 11.8 Å². The quantitative estimate of drug-likeness (QED) is 0.503. The highest BCUT2D eigenvalue weighted by Crippen LogP contribution is 2.34. The van der Waals surface area contributed by atoms with Crippen LogP contribution in [0.15, 0.2) is 18.2 Å². The predicted octanol–water partition coefficient (Wildman–Crippen LogP) is 4.01. The maximum absolute atomic E-state index is 12.3. The number of benzene rings is 1. The first-order valence-corrected chi connectivity index (χ1v) is 11.2. The SMILES string of the molecule is CCOC(=O)c1c(NC(=O)COC(=O)CNC(=O)c2ccc(Cl)cc2Cl)sc(C)c1CC. The Morgan fingerprint density at radius 3 is 2.44 bits per heavy atom. The molecular weight excluding hydrogens is 479 g/mol. The molecule has 0 aliphatic heterocycles. The summed E-state index contributed by atoms with van der Waals surface area (Å²) in [6.45, 7) is 4.59. The topological polar surface area (TPSA) is 111 Å². The summed E-state index contributed by atoms with van der Waals surface area (Å²) in [5, 5.41) is 5.79. The molecule has 0 fully saturated rings. The van der Waals surface area contributed by atoms with Gasteiger partial charge in [0.1, 0.15) is 11.5 Å². The van der Waals surface area contributed by atoms with Gasteiger partial charge >= 0.3 is 11.9 Å². The van der Waals surface area contributed by atoms with E-state index in [4.69, 9.17) is 32.7 Å². The molecule has 0 aliphatic rings. The average molecular weight is 501 g/mol. The second kappa shape index (κ2) is 11.8. The van der Waals surface area contributed by atoms with Gasteiger partial charge in [0.2, 0.25) is 0 Å². The minimum Gasteiger partial charge on any atom is -0.462 e. The molecule has 0 aliphatic carbocycles. The third-order valence-corrected chi connectivity index (χ3v) is 5.84. The molecule has 2 amide bonds. The Kier molecular flexibility index (Phi) is 9.49. The van der Waals surface area contributed by atoms with E-state index >= 15 is 0 Å². The number of carbonyl (C=O) groups is 4. The summed E-state index contributed by atoms with van der Waals surface area (Å²) in [7, 11) is 0. The molecule has 0 spiro atoms. The molecule has 0 atom stereocenters. The van der Waals surface area contributed by atoms with Crippen LogP contribution in [0.3, 0.4) is 0 Å². The Labute approximate surface area is 199 Å². The average Bonchev–Trinajstić information content (AvgIpc) is 3.05.